The van der Waals surface area contributed by atoms with Crippen LogP contribution in [0.25, 0.3) is 0 Å². The van der Waals surface area contributed by atoms with Gasteiger partial charge in [-0.1, -0.05) is 13.8 Å². The van der Waals surface area contributed by atoms with E-state index in [1.165, 1.54) is 18.3 Å². The van der Waals surface area contributed by atoms with E-state index in [4.69, 9.17) is 5.11 Å². The fraction of sp³-hybridized carbons (Fsp3) is 0.417. The van der Waals surface area contributed by atoms with Crippen LogP contribution in [0.2, 0.25) is 0 Å². The van der Waals surface area contributed by atoms with Crippen molar-refractivity contribution in [2.24, 2.45) is 5.92 Å². The molecule has 1 aromatic rings. The van der Waals surface area contributed by atoms with Crippen molar-refractivity contribution in [3.63, 3.8) is 0 Å². The lowest BCUT2D eigenvalue weighted by Crippen LogP contribution is -2.13. The molecular formula is C12H16N2O3. The Hall–Kier alpha value is -1.91. The van der Waals surface area contributed by atoms with Crippen molar-refractivity contribution in [2.75, 3.05) is 5.32 Å². The Balaban J connectivity index is 2.59. The molecule has 1 aromatic heterocycles. The highest BCUT2D eigenvalue weighted by atomic mass is 16.4. The van der Waals surface area contributed by atoms with Crippen molar-refractivity contribution in [1.82, 2.24) is 4.98 Å². The van der Waals surface area contributed by atoms with Gasteiger partial charge < -0.3 is 10.4 Å². The first-order valence-corrected chi connectivity index (χ1v) is 5.48. The number of carboxylic acids is 1. The first kappa shape index (κ1) is 13.2. The molecule has 92 valence electrons. The molecule has 0 saturated carbocycles. The molecular weight excluding hydrogens is 220 g/mol. The molecule has 0 aromatic carbocycles. The van der Waals surface area contributed by atoms with E-state index in [1.807, 2.05) is 13.8 Å². The predicted octanol–water partition coefficient (Wildman–Crippen LogP) is 2.15. The number of pyridine rings is 1. The third kappa shape index (κ3) is 4.63. The van der Waals surface area contributed by atoms with Crippen LogP contribution in [-0.2, 0) is 4.79 Å². The molecule has 0 atom stereocenters. The van der Waals surface area contributed by atoms with Gasteiger partial charge in [-0.15, -0.1) is 0 Å². The minimum atomic E-state index is -1.04. The van der Waals surface area contributed by atoms with Crippen LogP contribution in [0.15, 0.2) is 18.3 Å². The molecule has 0 fully saturated rings. The van der Waals surface area contributed by atoms with Crippen LogP contribution in [-0.4, -0.2) is 22.0 Å². The van der Waals surface area contributed by atoms with E-state index >= 15 is 0 Å². The van der Waals surface area contributed by atoms with Crippen molar-refractivity contribution >= 4 is 17.7 Å². The number of carbonyl (C=O) groups excluding carboxylic acids is 1. The van der Waals surface area contributed by atoms with Gasteiger partial charge in [0.15, 0.2) is 0 Å². The summed E-state index contributed by atoms with van der Waals surface area (Å²) in [6, 6.07) is 2.72. The Bertz CT molecular complexity index is 416. The number of anilines is 1. The number of carbonyl (C=O) groups is 2. The number of carboxylic acid groups (broad SMARTS) is 1. The molecule has 0 aliphatic rings. The van der Waals surface area contributed by atoms with E-state index in [-0.39, 0.29) is 17.3 Å². The Morgan fingerprint density at radius 3 is 2.76 bits per heavy atom. The summed E-state index contributed by atoms with van der Waals surface area (Å²) in [5.74, 6) is -0.448. The molecule has 0 saturated heterocycles. The molecule has 2 N–H and O–H groups in total. The van der Waals surface area contributed by atoms with E-state index in [0.29, 0.717) is 12.3 Å². The zero-order valence-electron chi connectivity index (χ0n) is 9.93. The fourth-order valence-electron chi connectivity index (χ4n) is 1.26. The third-order valence-corrected chi connectivity index (χ3v) is 2.22. The summed E-state index contributed by atoms with van der Waals surface area (Å²) in [5, 5.41) is 11.4. The summed E-state index contributed by atoms with van der Waals surface area (Å²) in [4.78, 5) is 26.1. The minimum Gasteiger partial charge on any atom is -0.478 e. The van der Waals surface area contributed by atoms with E-state index in [0.717, 1.165) is 6.42 Å². The molecule has 0 spiro atoms. The molecule has 1 amide bonds. The van der Waals surface area contributed by atoms with Gasteiger partial charge in [0.2, 0.25) is 5.91 Å². The summed E-state index contributed by atoms with van der Waals surface area (Å²) in [7, 11) is 0. The summed E-state index contributed by atoms with van der Waals surface area (Å²) in [6.07, 6.45) is 2.57. The molecule has 0 aliphatic carbocycles. The normalized spacial score (nSPS) is 10.3. The lowest BCUT2D eigenvalue weighted by Gasteiger charge is -2.06. The maximum atomic E-state index is 11.5. The Labute approximate surface area is 99.9 Å². The number of amides is 1. The second-order valence-corrected chi connectivity index (χ2v) is 4.22. The maximum absolute atomic E-state index is 11.5. The molecule has 0 radical (unpaired) electrons. The third-order valence-electron chi connectivity index (χ3n) is 2.22. The van der Waals surface area contributed by atoms with Gasteiger partial charge in [-0.25, -0.2) is 9.78 Å². The average molecular weight is 236 g/mol. The number of hydrogen-bond donors (Lipinski definition) is 2. The van der Waals surface area contributed by atoms with Crippen LogP contribution in [0.1, 0.15) is 37.0 Å². The minimum absolute atomic E-state index is 0.110. The van der Waals surface area contributed by atoms with Gasteiger partial charge in [0.05, 0.1) is 5.56 Å². The summed E-state index contributed by atoms with van der Waals surface area (Å²) in [5.41, 5.74) is 0.110. The quantitative estimate of drug-likeness (QED) is 0.821. The van der Waals surface area contributed by atoms with E-state index in [2.05, 4.69) is 10.3 Å². The molecule has 17 heavy (non-hydrogen) atoms. The fourth-order valence-corrected chi connectivity index (χ4v) is 1.26. The second kappa shape index (κ2) is 5.98. The van der Waals surface area contributed by atoms with Crippen molar-refractivity contribution in [3.8, 4) is 0 Å². The van der Waals surface area contributed by atoms with Crippen molar-refractivity contribution in [2.45, 2.75) is 26.7 Å². The predicted molar refractivity (Wildman–Crippen MR) is 63.9 cm³/mol. The van der Waals surface area contributed by atoms with Crippen LogP contribution in [0, 0.1) is 5.92 Å². The topological polar surface area (TPSA) is 79.3 Å². The lowest BCUT2D eigenvalue weighted by molar-refractivity contribution is -0.116. The molecule has 1 heterocycles. The van der Waals surface area contributed by atoms with Crippen molar-refractivity contribution in [1.29, 1.82) is 0 Å². The van der Waals surface area contributed by atoms with Crippen LogP contribution in [0.4, 0.5) is 5.82 Å². The van der Waals surface area contributed by atoms with Crippen LogP contribution >= 0.6 is 0 Å². The number of nitrogens with one attached hydrogen (secondary N) is 1. The largest absolute Gasteiger partial charge is 0.478 e. The molecule has 0 bridgehead atoms. The highest BCUT2D eigenvalue weighted by Gasteiger charge is 2.07. The van der Waals surface area contributed by atoms with Crippen LogP contribution < -0.4 is 5.32 Å². The van der Waals surface area contributed by atoms with Gasteiger partial charge in [-0.05, 0) is 24.5 Å². The van der Waals surface area contributed by atoms with Crippen molar-refractivity contribution < 1.29 is 14.7 Å². The van der Waals surface area contributed by atoms with Gasteiger partial charge in [0.1, 0.15) is 5.82 Å². The Morgan fingerprint density at radius 1 is 1.47 bits per heavy atom. The standard InChI is InChI=1S/C12H16N2O3/c1-8(2)3-4-11(15)14-10-7-9(12(16)17)5-6-13-10/h5-8H,3-4H2,1-2H3,(H,16,17)(H,13,14,15). The summed E-state index contributed by atoms with van der Waals surface area (Å²) in [6.45, 7) is 4.08. The van der Waals surface area contributed by atoms with Crippen molar-refractivity contribution in [3.05, 3.63) is 23.9 Å². The molecule has 0 aliphatic heterocycles. The smallest absolute Gasteiger partial charge is 0.335 e. The number of aromatic nitrogens is 1. The Morgan fingerprint density at radius 2 is 2.18 bits per heavy atom. The average Bonchev–Trinajstić information content (AvgIpc) is 2.26. The highest BCUT2D eigenvalue weighted by Crippen LogP contribution is 2.09. The monoisotopic (exact) mass is 236 g/mol. The molecule has 0 unspecified atom stereocenters. The number of nitrogens with zero attached hydrogens (tertiary/aromatic N) is 1. The summed E-state index contributed by atoms with van der Waals surface area (Å²) < 4.78 is 0. The number of hydrogen-bond acceptors (Lipinski definition) is 3. The van der Waals surface area contributed by atoms with Crippen LogP contribution in [0.3, 0.4) is 0 Å². The second-order valence-electron chi connectivity index (χ2n) is 4.22. The van der Waals surface area contributed by atoms with E-state index in [9.17, 15) is 9.59 Å². The maximum Gasteiger partial charge on any atom is 0.335 e. The summed E-state index contributed by atoms with van der Waals surface area (Å²) >= 11 is 0. The van der Waals surface area contributed by atoms with Gasteiger partial charge >= 0.3 is 5.97 Å². The molecule has 5 nitrogen and oxygen atoms in total. The van der Waals surface area contributed by atoms with Gasteiger partial charge in [0, 0.05) is 12.6 Å². The Kier molecular flexibility index (Phi) is 4.63. The molecule has 1 rings (SSSR count). The number of rotatable bonds is 5. The van der Waals surface area contributed by atoms with Crippen LogP contribution in [0.5, 0.6) is 0 Å². The zero-order valence-corrected chi connectivity index (χ0v) is 9.93. The zero-order chi connectivity index (χ0) is 12.8. The first-order chi connectivity index (χ1) is 7.99. The SMILES string of the molecule is CC(C)CCC(=O)Nc1cc(C(=O)O)ccn1. The van der Waals surface area contributed by atoms with Gasteiger partial charge in [0.25, 0.3) is 0 Å². The highest BCUT2D eigenvalue weighted by molar-refractivity contribution is 5.92. The first-order valence-electron chi connectivity index (χ1n) is 5.48. The number of aromatic carboxylic acids is 1. The lowest BCUT2D eigenvalue weighted by atomic mass is 10.1. The van der Waals surface area contributed by atoms with E-state index < -0.39 is 5.97 Å². The molecule has 5 heteroatoms. The van der Waals surface area contributed by atoms with Gasteiger partial charge in [-0.2, -0.15) is 0 Å². The van der Waals surface area contributed by atoms with Gasteiger partial charge in [-0.3, -0.25) is 4.79 Å². The van der Waals surface area contributed by atoms with E-state index in [1.54, 1.807) is 0 Å².